The maximum absolute atomic E-state index is 12.5. The van der Waals surface area contributed by atoms with Crippen LogP contribution in [-0.4, -0.2) is 45.5 Å². The van der Waals surface area contributed by atoms with Crippen LogP contribution in [0.25, 0.3) is 0 Å². The van der Waals surface area contributed by atoms with E-state index in [1.54, 1.807) is 0 Å². The molecule has 172 valence electrons. The van der Waals surface area contributed by atoms with Crippen molar-refractivity contribution in [2.45, 2.75) is 50.5 Å². The first-order valence-electron chi connectivity index (χ1n) is 9.75. The van der Waals surface area contributed by atoms with Gasteiger partial charge in [-0.2, -0.15) is 0 Å². The largest absolute Gasteiger partial charge is 0.452 e. The number of ether oxygens (including phenoxy) is 1. The van der Waals surface area contributed by atoms with Crippen molar-refractivity contribution in [3.63, 3.8) is 0 Å². The minimum Gasteiger partial charge on any atom is -0.452 e. The van der Waals surface area contributed by atoms with Crippen LogP contribution in [0.5, 0.6) is 0 Å². The lowest BCUT2D eigenvalue weighted by Gasteiger charge is -2.13. The molecule has 0 bridgehead atoms. The fourth-order valence-corrected chi connectivity index (χ4v) is 4.97. The second-order valence-electron chi connectivity index (χ2n) is 7.59. The highest BCUT2D eigenvalue weighted by Gasteiger charge is 2.24. The van der Waals surface area contributed by atoms with Crippen LogP contribution in [0.4, 0.5) is 4.79 Å². The first-order valence-corrected chi connectivity index (χ1v) is 12.0. The summed E-state index contributed by atoms with van der Waals surface area (Å²) in [6.45, 7) is 3.08. The number of amides is 3. The van der Waals surface area contributed by atoms with Crippen molar-refractivity contribution >= 4 is 51.1 Å². The number of sulfonamides is 1. The summed E-state index contributed by atoms with van der Waals surface area (Å²) < 4.78 is 32.2. The van der Waals surface area contributed by atoms with Gasteiger partial charge >= 0.3 is 12.0 Å². The van der Waals surface area contributed by atoms with Gasteiger partial charge in [0.1, 0.15) is 4.90 Å². The van der Waals surface area contributed by atoms with Gasteiger partial charge in [0, 0.05) is 12.6 Å². The van der Waals surface area contributed by atoms with Gasteiger partial charge in [-0.15, -0.1) is 0 Å². The molecule has 0 radical (unpaired) electrons. The molecule has 0 atom stereocenters. The van der Waals surface area contributed by atoms with Crippen molar-refractivity contribution in [3.8, 4) is 0 Å². The highest BCUT2D eigenvalue weighted by molar-refractivity contribution is 7.89. The van der Waals surface area contributed by atoms with Crippen molar-refractivity contribution in [3.05, 3.63) is 27.7 Å². The Bertz CT molecular complexity index is 946. The highest BCUT2D eigenvalue weighted by atomic mass is 35.5. The van der Waals surface area contributed by atoms with E-state index >= 15 is 0 Å². The summed E-state index contributed by atoms with van der Waals surface area (Å²) in [6, 6.07) is 1.45. The van der Waals surface area contributed by atoms with Crippen LogP contribution in [0.2, 0.25) is 10.0 Å². The molecule has 1 aliphatic rings. The molecule has 9 nitrogen and oxygen atoms in total. The van der Waals surface area contributed by atoms with Crippen LogP contribution in [0.15, 0.2) is 17.0 Å². The molecule has 31 heavy (non-hydrogen) atoms. The van der Waals surface area contributed by atoms with Gasteiger partial charge in [0.05, 0.1) is 15.6 Å². The first kappa shape index (κ1) is 25.4. The molecule has 1 aromatic rings. The van der Waals surface area contributed by atoms with Crippen LogP contribution in [0.1, 0.15) is 49.9 Å². The smallest absolute Gasteiger partial charge is 0.340 e. The lowest BCUT2D eigenvalue weighted by molar-refractivity contribution is -0.123. The third kappa shape index (κ3) is 7.64. The number of hydrogen-bond acceptors (Lipinski definition) is 6. The van der Waals surface area contributed by atoms with E-state index in [2.05, 4.69) is 15.4 Å². The summed E-state index contributed by atoms with van der Waals surface area (Å²) >= 11 is 12.0. The minimum atomic E-state index is -4.00. The van der Waals surface area contributed by atoms with E-state index in [1.807, 2.05) is 13.8 Å². The molecular weight excluding hydrogens is 469 g/mol. The van der Waals surface area contributed by atoms with Gasteiger partial charge in [0.25, 0.3) is 5.91 Å². The fourth-order valence-electron chi connectivity index (χ4n) is 2.91. The standard InChI is InChI=1S/C19H25Cl2N3O6S/c1-11(2)9-22-31(28,29)16-7-13(14(20)8-15(16)21)18(26)30-10-17(25)24-19(27)23-12-5-3-4-6-12/h7-8,11-12,22H,3-6,9-10H2,1-2H3,(H2,23,24,25,27). The summed E-state index contributed by atoms with van der Waals surface area (Å²) in [5, 5.41) is 4.43. The molecule has 3 amide bonds. The predicted octanol–water partition coefficient (Wildman–Crippen LogP) is 2.85. The van der Waals surface area contributed by atoms with Gasteiger partial charge in [0.2, 0.25) is 10.0 Å². The van der Waals surface area contributed by atoms with Gasteiger partial charge in [-0.3, -0.25) is 10.1 Å². The summed E-state index contributed by atoms with van der Waals surface area (Å²) in [7, 11) is -4.00. The van der Waals surface area contributed by atoms with Crippen molar-refractivity contribution in [2.75, 3.05) is 13.2 Å². The van der Waals surface area contributed by atoms with Crippen molar-refractivity contribution in [2.24, 2.45) is 5.92 Å². The van der Waals surface area contributed by atoms with Crippen molar-refractivity contribution in [1.82, 2.24) is 15.4 Å². The Labute approximate surface area is 191 Å². The molecule has 1 saturated carbocycles. The number of rotatable bonds is 8. The molecule has 0 aliphatic heterocycles. The number of carbonyl (C=O) groups excluding carboxylic acids is 3. The fraction of sp³-hybridized carbons (Fsp3) is 0.526. The lowest BCUT2D eigenvalue weighted by Crippen LogP contribution is -2.45. The topological polar surface area (TPSA) is 131 Å². The average molecular weight is 494 g/mol. The summed E-state index contributed by atoms with van der Waals surface area (Å²) in [6.07, 6.45) is 3.73. The van der Waals surface area contributed by atoms with Crippen LogP contribution in [0.3, 0.4) is 0 Å². The van der Waals surface area contributed by atoms with Crippen LogP contribution in [0, 0.1) is 5.92 Å². The Morgan fingerprint density at radius 2 is 1.77 bits per heavy atom. The zero-order valence-corrected chi connectivity index (χ0v) is 19.5. The summed E-state index contributed by atoms with van der Waals surface area (Å²) in [5.74, 6) is -1.82. The molecule has 3 N–H and O–H groups in total. The molecule has 0 saturated heterocycles. The van der Waals surface area contributed by atoms with Gasteiger partial charge in [-0.25, -0.2) is 22.7 Å². The Hall–Kier alpha value is -1.88. The number of hydrogen-bond donors (Lipinski definition) is 3. The molecule has 0 aromatic heterocycles. The lowest BCUT2D eigenvalue weighted by atomic mass is 10.2. The Morgan fingerprint density at radius 1 is 1.13 bits per heavy atom. The van der Waals surface area contributed by atoms with E-state index in [1.165, 1.54) is 0 Å². The third-order valence-electron chi connectivity index (χ3n) is 4.49. The van der Waals surface area contributed by atoms with E-state index in [-0.39, 0.29) is 39.0 Å². The zero-order valence-electron chi connectivity index (χ0n) is 17.2. The molecule has 2 rings (SSSR count). The number of halogens is 2. The number of urea groups is 1. The van der Waals surface area contributed by atoms with Crippen molar-refractivity contribution < 1.29 is 27.5 Å². The van der Waals surface area contributed by atoms with E-state index in [9.17, 15) is 22.8 Å². The van der Waals surface area contributed by atoms with E-state index < -0.39 is 34.5 Å². The normalized spacial score (nSPS) is 14.5. The van der Waals surface area contributed by atoms with Crippen molar-refractivity contribution in [1.29, 1.82) is 0 Å². The Morgan fingerprint density at radius 3 is 2.39 bits per heavy atom. The summed E-state index contributed by atoms with van der Waals surface area (Å²) in [5.41, 5.74) is -0.279. The van der Waals surface area contributed by atoms with Crippen LogP contribution < -0.4 is 15.4 Å². The number of esters is 1. The summed E-state index contributed by atoms with van der Waals surface area (Å²) in [4.78, 5) is 35.7. The molecule has 0 unspecified atom stereocenters. The van der Waals surface area contributed by atoms with Gasteiger partial charge in [-0.05, 0) is 30.9 Å². The first-order chi connectivity index (χ1) is 14.5. The number of benzene rings is 1. The Balaban J connectivity index is 2.00. The van der Waals surface area contributed by atoms with Gasteiger partial charge in [-0.1, -0.05) is 49.9 Å². The van der Waals surface area contributed by atoms with E-state index in [4.69, 9.17) is 27.9 Å². The molecule has 1 aliphatic carbocycles. The number of carbonyl (C=O) groups is 3. The third-order valence-corrected chi connectivity index (χ3v) is 6.69. The van der Waals surface area contributed by atoms with Gasteiger partial charge in [0.15, 0.2) is 6.61 Å². The zero-order chi connectivity index (χ0) is 23.2. The molecule has 0 spiro atoms. The SMILES string of the molecule is CC(C)CNS(=O)(=O)c1cc(C(=O)OCC(=O)NC(=O)NC2CCCC2)c(Cl)cc1Cl. The van der Waals surface area contributed by atoms with Crippen LogP contribution >= 0.6 is 23.2 Å². The maximum atomic E-state index is 12.5. The molecule has 1 aromatic carbocycles. The maximum Gasteiger partial charge on any atom is 0.340 e. The quantitative estimate of drug-likeness (QED) is 0.477. The second kappa shape index (κ2) is 11.1. The predicted molar refractivity (Wildman–Crippen MR) is 116 cm³/mol. The minimum absolute atomic E-state index is 0.0212. The highest BCUT2D eigenvalue weighted by Crippen LogP contribution is 2.29. The monoisotopic (exact) mass is 493 g/mol. The van der Waals surface area contributed by atoms with E-state index in [0.29, 0.717) is 0 Å². The average Bonchev–Trinajstić information content (AvgIpc) is 3.17. The van der Waals surface area contributed by atoms with E-state index in [0.717, 1.165) is 37.8 Å². The van der Waals surface area contributed by atoms with Gasteiger partial charge < -0.3 is 10.1 Å². The molecule has 12 heteroatoms. The molecule has 1 fully saturated rings. The Kier molecular flexibility index (Phi) is 9.11. The molecule has 0 heterocycles. The van der Waals surface area contributed by atoms with Crippen LogP contribution in [-0.2, 0) is 19.6 Å². The molecular formula is C19H25Cl2N3O6S. The number of nitrogens with one attached hydrogen (secondary N) is 3. The number of imide groups is 1. The second-order valence-corrected chi connectivity index (χ2v) is 10.1.